The van der Waals surface area contributed by atoms with Crippen LogP contribution in [0.3, 0.4) is 0 Å². The van der Waals surface area contributed by atoms with Gasteiger partial charge in [-0.1, -0.05) is 29.8 Å². The Balaban J connectivity index is 1.70. The first-order chi connectivity index (χ1) is 9.63. The van der Waals surface area contributed by atoms with Crippen molar-refractivity contribution in [2.24, 2.45) is 11.8 Å². The van der Waals surface area contributed by atoms with Crippen molar-refractivity contribution in [3.8, 4) is 5.75 Å². The summed E-state index contributed by atoms with van der Waals surface area (Å²) in [7, 11) is 0. The fourth-order valence-electron chi connectivity index (χ4n) is 2.46. The molecule has 1 aliphatic carbocycles. The Kier molecular flexibility index (Phi) is 6.37. The average molecular weight is 340 g/mol. The third-order valence-corrected chi connectivity index (χ3v) is 4.21. The first-order valence-corrected chi connectivity index (χ1v) is 8.54. The highest BCUT2D eigenvalue weighted by Gasteiger charge is 2.22. The van der Waals surface area contributed by atoms with Gasteiger partial charge in [-0.2, -0.15) is 0 Å². The van der Waals surface area contributed by atoms with E-state index in [0.29, 0.717) is 0 Å². The molecule has 0 saturated heterocycles. The zero-order valence-electron chi connectivity index (χ0n) is 12.6. The maximum atomic E-state index is 5.85. The Labute approximate surface area is 131 Å². The molecule has 112 valence electrons. The number of hydrogen-bond donors (Lipinski definition) is 1. The molecule has 0 aromatic heterocycles. The molecule has 1 atom stereocenters. The number of rotatable bonds is 9. The van der Waals surface area contributed by atoms with E-state index in [1.807, 2.05) is 24.3 Å². The smallest absolute Gasteiger partial charge is 0.119 e. The molecule has 0 amide bonds. The minimum absolute atomic E-state index is 0.728. The maximum Gasteiger partial charge on any atom is 0.119 e. The second-order valence-corrected chi connectivity index (χ2v) is 7.18. The number of hydrogen-bond acceptors (Lipinski definition) is 2. The van der Waals surface area contributed by atoms with Crippen molar-refractivity contribution >= 4 is 15.9 Å². The van der Waals surface area contributed by atoms with Gasteiger partial charge in [0.2, 0.25) is 0 Å². The Morgan fingerprint density at radius 3 is 2.55 bits per heavy atom. The predicted molar refractivity (Wildman–Crippen MR) is 88.2 cm³/mol. The van der Waals surface area contributed by atoms with Crippen LogP contribution in [0.25, 0.3) is 0 Å². The molecule has 1 aromatic carbocycles. The van der Waals surface area contributed by atoms with Gasteiger partial charge >= 0.3 is 0 Å². The minimum Gasteiger partial charge on any atom is -0.494 e. The third-order valence-electron chi connectivity index (χ3n) is 3.69. The van der Waals surface area contributed by atoms with Crippen molar-refractivity contribution < 1.29 is 4.74 Å². The van der Waals surface area contributed by atoms with E-state index in [4.69, 9.17) is 4.74 Å². The fourth-order valence-corrected chi connectivity index (χ4v) is 2.73. The molecule has 20 heavy (non-hydrogen) atoms. The van der Waals surface area contributed by atoms with Gasteiger partial charge in [-0.25, -0.2) is 0 Å². The number of ether oxygens (including phenoxy) is 1. The Hall–Kier alpha value is -0.540. The largest absolute Gasteiger partial charge is 0.494 e. The van der Waals surface area contributed by atoms with Crippen LogP contribution in [0.1, 0.15) is 39.5 Å². The lowest BCUT2D eigenvalue weighted by molar-refractivity contribution is 0.256. The zero-order chi connectivity index (χ0) is 14.4. The first kappa shape index (κ1) is 15.8. The van der Waals surface area contributed by atoms with E-state index in [1.54, 1.807) is 0 Å². The third kappa shape index (κ3) is 6.27. The molecule has 0 spiro atoms. The molecule has 0 bridgehead atoms. The van der Waals surface area contributed by atoms with Gasteiger partial charge in [-0.15, -0.1) is 0 Å². The van der Waals surface area contributed by atoms with Gasteiger partial charge in [0, 0.05) is 10.5 Å². The molecule has 0 heterocycles. The van der Waals surface area contributed by atoms with E-state index < -0.39 is 0 Å². The summed E-state index contributed by atoms with van der Waals surface area (Å²) in [5, 5.41) is 3.66. The highest BCUT2D eigenvalue weighted by Crippen LogP contribution is 2.22. The average Bonchev–Trinajstić information content (AvgIpc) is 3.21. The second kappa shape index (κ2) is 8.04. The van der Waals surface area contributed by atoms with E-state index in [2.05, 4.69) is 35.1 Å². The summed E-state index contributed by atoms with van der Waals surface area (Å²) in [5.41, 5.74) is 0. The van der Waals surface area contributed by atoms with Gasteiger partial charge < -0.3 is 10.1 Å². The molecular weight excluding hydrogens is 314 g/mol. The molecule has 1 aromatic rings. The Morgan fingerprint density at radius 1 is 1.25 bits per heavy atom. The van der Waals surface area contributed by atoms with E-state index >= 15 is 0 Å². The van der Waals surface area contributed by atoms with Crippen LogP contribution in [-0.4, -0.2) is 19.2 Å². The fraction of sp³-hybridized carbons (Fsp3) is 0.647. The van der Waals surface area contributed by atoms with Crippen LogP contribution in [0.2, 0.25) is 0 Å². The Bertz CT molecular complexity index is 386. The van der Waals surface area contributed by atoms with Crippen LogP contribution in [0.5, 0.6) is 5.75 Å². The number of nitrogens with one attached hydrogen (secondary N) is 1. The van der Waals surface area contributed by atoms with Gasteiger partial charge in [0.15, 0.2) is 0 Å². The van der Waals surface area contributed by atoms with Crippen LogP contribution in [0, 0.1) is 11.8 Å². The first-order valence-electron chi connectivity index (χ1n) is 7.75. The predicted octanol–water partition coefficient (Wildman–Crippen LogP) is 4.63. The number of benzene rings is 1. The quantitative estimate of drug-likeness (QED) is 0.707. The molecule has 2 nitrogen and oxygen atoms in total. The molecule has 0 radical (unpaired) electrons. The second-order valence-electron chi connectivity index (χ2n) is 6.27. The summed E-state index contributed by atoms with van der Waals surface area (Å²) in [6.07, 6.45) is 5.14. The van der Waals surface area contributed by atoms with Gasteiger partial charge in [-0.05, 0) is 68.3 Å². The SMILES string of the molecule is CC(C)CC(CCOc1ccc(Br)cc1)CNC1CC1. The topological polar surface area (TPSA) is 21.3 Å². The van der Waals surface area contributed by atoms with Crippen LogP contribution in [0.4, 0.5) is 0 Å². The molecule has 2 rings (SSSR count). The highest BCUT2D eigenvalue weighted by molar-refractivity contribution is 9.10. The van der Waals surface area contributed by atoms with Crippen LogP contribution in [-0.2, 0) is 0 Å². The summed E-state index contributed by atoms with van der Waals surface area (Å²) in [6, 6.07) is 8.89. The van der Waals surface area contributed by atoms with E-state index in [9.17, 15) is 0 Å². The lowest BCUT2D eigenvalue weighted by Crippen LogP contribution is -2.27. The van der Waals surface area contributed by atoms with Crippen molar-refractivity contribution in [2.75, 3.05) is 13.2 Å². The van der Waals surface area contributed by atoms with Gasteiger partial charge in [-0.3, -0.25) is 0 Å². The summed E-state index contributed by atoms with van der Waals surface area (Å²) in [5.74, 6) is 2.45. The van der Waals surface area contributed by atoms with Crippen LogP contribution in [0.15, 0.2) is 28.7 Å². The highest BCUT2D eigenvalue weighted by atomic mass is 79.9. The summed E-state index contributed by atoms with van der Waals surface area (Å²) in [4.78, 5) is 0. The molecule has 1 unspecified atom stereocenters. The summed E-state index contributed by atoms with van der Waals surface area (Å²) < 4.78 is 6.94. The Morgan fingerprint density at radius 2 is 1.95 bits per heavy atom. The van der Waals surface area contributed by atoms with Crippen LogP contribution < -0.4 is 10.1 Å². The standard InChI is InChI=1S/C17H26BrNO/c1-13(2)11-14(12-19-16-5-6-16)9-10-20-17-7-3-15(18)4-8-17/h3-4,7-8,13-14,16,19H,5-6,9-12H2,1-2H3. The minimum atomic E-state index is 0.728. The van der Waals surface area contributed by atoms with E-state index in [1.165, 1.54) is 19.3 Å². The lowest BCUT2D eigenvalue weighted by atomic mass is 9.94. The van der Waals surface area contributed by atoms with E-state index in [0.717, 1.165) is 47.7 Å². The lowest BCUT2D eigenvalue weighted by Gasteiger charge is -2.20. The molecule has 0 aliphatic heterocycles. The van der Waals surface area contributed by atoms with Crippen molar-refractivity contribution in [3.05, 3.63) is 28.7 Å². The van der Waals surface area contributed by atoms with Crippen molar-refractivity contribution in [2.45, 2.75) is 45.6 Å². The van der Waals surface area contributed by atoms with Gasteiger partial charge in [0.25, 0.3) is 0 Å². The van der Waals surface area contributed by atoms with Crippen LogP contribution >= 0.6 is 15.9 Å². The van der Waals surface area contributed by atoms with Crippen molar-refractivity contribution in [1.29, 1.82) is 0 Å². The van der Waals surface area contributed by atoms with Gasteiger partial charge in [0.1, 0.15) is 5.75 Å². The van der Waals surface area contributed by atoms with Gasteiger partial charge in [0.05, 0.1) is 6.61 Å². The zero-order valence-corrected chi connectivity index (χ0v) is 14.2. The van der Waals surface area contributed by atoms with Crippen molar-refractivity contribution in [3.63, 3.8) is 0 Å². The number of halogens is 1. The van der Waals surface area contributed by atoms with Crippen molar-refractivity contribution in [1.82, 2.24) is 5.32 Å². The molecule has 1 saturated carbocycles. The maximum absolute atomic E-state index is 5.85. The van der Waals surface area contributed by atoms with E-state index in [-0.39, 0.29) is 0 Å². The molecule has 1 aliphatic rings. The monoisotopic (exact) mass is 339 g/mol. The molecular formula is C17H26BrNO. The molecule has 1 N–H and O–H groups in total. The summed E-state index contributed by atoms with van der Waals surface area (Å²) >= 11 is 3.44. The summed E-state index contributed by atoms with van der Waals surface area (Å²) in [6.45, 7) is 6.57. The normalized spacial score (nSPS) is 16.4. The molecule has 1 fully saturated rings. The molecule has 3 heteroatoms.